The molecule has 0 saturated heterocycles. The molecule has 0 aliphatic carbocycles. The summed E-state index contributed by atoms with van der Waals surface area (Å²) < 4.78 is 13.0. The van der Waals surface area contributed by atoms with E-state index >= 15 is 0 Å². The third kappa shape index (κ3) is 5.21. The molecular weight excluding hydrogens is 403 g/mol. The minimum Gasteiger partial charge on any atom is -0.373 e. The fourth-order valence-corrected chi connectivity index (χ4v) is 2.93. The van der Waals surface area contributed by atoms with Gasteiger partial charge in [-0.15, -0.1) is 0 Å². The van der Waals surface area contributed by atoms with Crippen LogP contribution in [-0.2, 0) is 0 Å². The molecule has 3 aromatic rings. The lowest BCUT2D eigenvalue weighted by Gasteiger charge is -2.16. The van der Waals surface area contributed by atoms with Gasteiger partial charge in [-0.1, -0.05) is 12.1 Å². The van der Waals surface area contributed by atoms with Crippen LogP contribution in [0.4, 0.5) is 21.5 Å². The third-order valence-corrected chi connectivity index (χ3v) is 4.63. The largest absolute Gasteiger partial charge is 0.373 e. The summed E-state index contributed by atoms with van der Waals surface area (Å²) in [5.74, 6) is -1.54. The van der Waals surface area contributed by atoms with Crippen LogP contribution in [0, 0.1) is 15.9 Å². The second kappa shape index (κ2) is 9.04. The van der Waals surface area contributed by atoms with Gasteiger partial charge in [0.05, 0.1) is 4.92 Å². The summed E-state index contributed by atoms with van der Waals surface area (Å²) in [6.45, 7) is 1.82. The summed E-state index contributed by atoms with van der Waals surface area (Å²) in [6, 6.07) is 15.8. The van der Waals surface area contributed by atoms with Crippen LogP contribution >= 0.6 is 0 Å². The predicted molar refractivity (Wildman–Crippen MR) is 114 cm³/mol. The van der Waals surface area contributed by atoms with Gasteiger partial charge in [0.2, 0.25) is 5.91 Å². The highest BCUT2D eigenvalue weighted by molar-refractivity contribution is 6.04. The number of rotatable bonds is 7. The molecule has 0 fully saturated rings. The molecule has 0 aromatic heterocycles. The number of anilines is 2. The highest BCUT2D eigenvalue weighted by atomic mass is 19.1. The summed E-state index contributed by atoms with van der Waals surface area (Å²) >= 11 is 0. The van der Waals surface area contributed by atoms with Crippen LogP contribution in [0.5, 0.6) is 0 Å². The molecule has 4 N–H and O–H groups in total. The van der Waals surface area contributed by atoms with E-state index in [1.165, 1.54) is 36.4 Å². The van der Waals surface area contributed by atoms with E-state index in [-0.39, 0.29) is 28.9 Å². The van der Waals surface area contributed by atoms with Crippen LogP contribution in [0.1, 0.15) is 39.2 Å². The first-order chi connectivity index (χ1) is 14.7. The maximum Gasteiger partial charge on any atom is 0.293 e. The summed E-state index contributed by atoms with van der Waals surface area (Å²) in [6.07, 6.45) is 0. The summed E-state index contributed by atoms with van der Waals surface area (Å²) in [5.41, 5.74) is 6.91. The molecule has 1 unspecified atom stereocenters. The molecule has 0 aliphatic heterocycles. The number of nitro groups is 1. The van der Waals surface area contributed by atoms with Crippen molar-refractivity contribution in [3.63, 3.8) is 0 Å². The van der Waals surface area contributed by atoms with Gasteiger partial charge in [-0.3, -0.25) is 19.7 Å². The molecule has 0 saturated carbocycles. The first-order valence-electron chi connectivity index (χ1n) is 9.26. The predicted octanol–water partition coefficient (Wildman–Crippen LogP) is 4.26. The van der Waals surface area contributed by atoms with E-state index in [0.717, 1.165) is 11.6 Å². The molecule has 3 aromatic carbocycles. The van der Waals surface area contributed by atoms with Crippen LogP contribution in [0.2, 0.25) is 0 Å². The zero-order chi connectivity index (χ0) is 22.5. The fourth-order valence-electron chi connectivity index (χ4n) is 2.93. The quantitative estimate of drug-likeness (QED) is 0.387. The van der Waals surface area contributed by atoms with Crippen molar-refractivity contribution in [2.24, 2.45) is 5.73 Å². The lowest BCUT2D eigenvalue weighted by atomic mass is 10.1. The van der Waals surface area contributed by atoms with Crippen molar-refractivity contribution >= 4 is 28.9 Å². The standard InChI is InChI=1S/C22H19FN4O4/c1-13(25-19-11-6-16(21(24)28)12-20(19)27(30)31)14-4-9-18(10-5-14)26-22(29)15-2-7-17(23)8-3-15/h2-13,25H,1H3,(H2,24,28)(H,26,29). The number of nitrogens with zero attached hydrogens (tertiary/aromatic N) is 1. The molecule has 31 heavy (non-hydrogen) atoms. The first-order valence-corrected chi connectivity index (χ1v) is 9.26. The molecule has 158 valence electrons. The monoisotopic (exact) mass is 422 g/mol. The highest BCUT2D eigenvalue weighted by Crippen LogP contribution is 2.29. The summed E-state index contributed by atoms with van der Waals surface area (Å²) in [4.78, 5) is 34.3. The van der Waals surface area contributed by atoms with Gasteiger partial charge in [0.25, 0.3) is 11.6 Å². The van der Waals surface area contributed by atoms with Crippen molar-refractivity contribution in [3.8, 4) is 0 Å². The Morgan fingerprint density at radius 2 is 1.61 bits per heavy atom. The number of primary amides is 1. The van der Waals surface area contributed by atoms with Crippen molar-refractivity contribution in [3.05, 3.63) is 99.4 Å². The number of halogens is 1. The SMILES string of the molecule is CC(Nc1ccc(C(N)=O)cc1[N+](=O)[O-])c1ccc(NC(=O)c2ccc(F)cc2)cc1. The van der Waals surface area contributed by atoms with Gasteiger partial charge < -0.3 is 16.4 Å². The lowest BCUT2D eigenvalue weighted by Crippen LogP contribution is -2.13. The van der Waals surface area contributed by atoms with E-state index in [1.54, 1.807) is 24.3 Å². The van der Waals surface area contributed by atoms with Gasteiger partial charge in [0.1, 0.15) is 11.5 Å². The fraction of sp³-hybridized carbons (Fsp3) is 0.0909. The van der Waals surface area contributed by atoms with Crippen LogP contribution in [-0.4, -0.2) is 16.7 Å². The van der Waals surface area contributed by atoms with Crippen LogP contribution in [0.25, 0.3) is 0 Å². The Hall–Kier alpha value is -4.27. The Morgan fingerprint density at radius 3 is 2.19 bits per heavy atom. The maximum atomic E-state index is 13.0. The Kier molecular flexibility index (Phi) is 6.25. The maximum absolute atomic E-state index is 13.0. The Labute approximate surface area is 177 Å². The number of benzene rings is 3. The van der Waals surface area contributed by atoms with E-state index < -0.39 is 16.6 Å². The number of nitrogens with one attached hydrogen (secondary N) is 2. The van der Waals surface area contributed by atoms with Crippen molar-refractivity contribution in [1.82, 2.24) is 0 Å². The normalized spacial score (nSPS) is 11.4. The Morgan fingerprint density at radius 1 is 1.00 bits per heavy atom. The average molecular weight is 422 g/mol. The Bertz CT molecular complexity index is 1130. The minimum atomic E-state index is -0.749. The topological polar surface area (TPSA) is 127 Å². The lowest BCUT2D eigenvalue weighted by molar-refractivity contribution is -0.384. The molecule has 3 rings (SSSR count). The van der Waals surface area contributed by atoms with Gasteiger partial charge in [-0.05, 0) is 61.0 Å². The summed E-state index contributed by atoms with van der Waals surface area (Å²) in [5, 5.41) is 17.1. The molecule has 8 nitrogen and oxygen atoms in total. The van der Waals surface area contributed by atoms with Crippen molar-refractivity contribution in [2.75, 3.05) is 10.6 Å². The average Bonchev–Trinajstić information content (AvgIpc) is 2.74. The smallest absolute Gasteiger partial charge is 0.293 e. The molecule has 1 atom stereocenters. The van der Waals surface area contributed by atoms with Gasteiger partial charge in [-0.25, -0.2) is 4.39 Å². The molecule has 2 amide bonds. The second-order valence-corrected chi connectivity index (χ2v) is 6.80. The number of hydrogen-bond donors (Lipinski definition) is 3. The highest BCUT2D eigenvalue weighted by Gasteiger charge is 2.18. The zero-order valence-electron chi connectivity index (χ0n) is 16.5. The number of nitrogens with two attached hydrogens (primary N) is 1. The van der Waals surface area contributed by atoms with Gasteiger partial charge in [-0.2, -0.15) is 0 Å². The minimum absolute atomic E-state index is 0.0474. The van der Waals surface area contributed by atoms with Crippen molar-refractivity contribution < 1.29 is 18.9 Å². The van der Waals surface area contributed by atoms with E-state index in [0.29, 0.717) is 11.3 Å². The number of nitro benzene ring substituents is 1. The molecule has 0 radical (unpaired) electrons. The second-order valence-electron chi connectivity index (χ2n) is 6.80. The van der Waals surface area contributed by atoms with Crippen LogP contribution in [0.15, 0.2) is 66.7 Å². The van der Waals surface area contributed by atoms with E-state index in [2.05, 4.69) is 10.6 Å². The molecular formula is C22H19FN4O4. The zero-order valence-corrected chi connectivity index (χ0v) is 16.5. The number of carbonyl (C=O) groups excluding carboxylic acids is 2. The first kappa shape index (κ1) is 21.4. The molecule has 0 bridgehead atoms. The van der Waals surface area contributed by atoms with E-state index in [4.69, 9.17) is 5.73 Å². The molecule has 0 spiro atoms. The Balaban J connectivity index is 1.71. The van der Waals surface area contributed by atoms with E-state index in [9.17, 15) is 24.1 Å². The van der Waals surface area contributed by atoms with Crippen LogP contribution in [0.3, 0.4) is 0 Å². The van der Waals surface area contributed by atoms with Crippen molar-refractivity contribution in [2.45, 2.75) is 13.0 Å². The molecule has 0 aliphatic rings. The number of carbonyl (C=O) groups is 2. The molecule has 0 heterocycles. The van der Waals surface area contributed by atoms with Gasteiger partial charge in [0.15, 0.2) is 0 Å². The summed E-state index contributed by atoms with van der Waals surface area (Å²) in [7, 11) is 0. The van der Waals surface area contributed by atoms with E-state index in [1.807, 2.05) is 6.92 Å². The van der Waals surface area contributed by atoms with Crippen molar-refractivity contribution in [1.29, 1.82) is 0 Å². The van der Waals surface area contributed by atoms with Gasteiger partial charge in [0, 0.05) is 28.9 Å². The molecule has 9 heteroatoms. The van der Waals surface area contributed by atoms with Gasteiger partial charge >= 0.3 is 0 Å². The third-order valence-electron chi connectivity index (χ3n) is 4.63. The number of hydrogen-bond acceptors (Lipinski definition) is 5. The van der Waals surface area contributed by atoms with Crippen LogP contribution < -0.4 is 16.4 Å². The number of amides is 2.